The number of carbonyl (C=O) groups is 3. The molecule has 1 aliphatic heterocycles. The number of esters is 1. The summed E-state index contributed by atoms with van der Waals surface area (Å²) >= 11 is 0.814. The monoisotopic (exact) mass is 349 g/mol. The molecule has 2 amide bonds. The maximum Gasteiger partial charge on any atom is 0.329 e. The Balaban J connectivity index is 2.16. The number of ether oxygens (including phenoxy) is 2. The van der Waals surface area contributed by atoms with E-state index in [4.69, 9.17) is 9.47 Å². The maximum atomic E-state index is 12.4. The largest absolute Gasteiger partial charge is 0.494 e. The summed E-state index contributed by atoms with van der Waals surface area (Å²) < 4.78 is 10.2. The van der Waals surface area contributed by atoms with Gasteiger partial charge in [-0.1, -0.05) is 12.1 Å². The van der Waals surface area contributed by atoms with E-state index in [0.29, 0.717) is 6.61 Å². The van der Waals surface area contributed by atoms with E-state index in [1.807, 2.05) is 6.92 Å². The highest BCUT2D eigenvalue weighted by Gasteiger charge is 2.41. The van der Waals surface area contributed by atoms with Gasteiger partial charge >= 0.3 is 5.97 Å². The SMILES string of the molecule is CCOC(=O)[C@@H](C)N1C(=O)S/C(=C\c2ccc(OCC)cc2)C1=O. The first kappa shape index (κ1) is 18.1. The molecule has 1 saturated heterocycles. The molecular formula is C17H19NO5S. The Morgan fingerprint density at radius 3 is 2.46 bits per heavy atom. The quantitative estimate of drug-likeness (QED) is 0.580. The van der Waals surface area contributed by atoms with Crippen LogP contribution in [0.1, 0.15) is 26.3 Å². The van der Waals surface area contributed by atoms with Gasteiger partial charge in [-0.3, -0.25) is 14.5 Å². The fourth-order valence-electron chi connectivity index (χ4n) is 2.16. The lowest BCUT2D eigenvalue weighted by atomic mass is 10.2. The van der Waals surface area contributed by atoms with Gasteiger partial charge in [0, 0.05) is 0 Å². The Morgan fingerprint density at radius 2 is 1.88 bits per heavy atom. The molecule has 0 saturated carbocycles. The number of thioether (sulfide) groups is 1. The lowest BCUT2D eigenvalue weighted by molar-refractivity contribution is -0.150. The van der Waals surface area contributed by atoms with Gasteiger partial charge in [0.05, 0.1) is 18.1 Å². The molecule has 1 atom stereocenters. The van der Waals surface area contributed by atoms with Crippen molar-refractivity contribution in [2.24, 2.45) is 0 Å². The summed E-state index contributed by atoms with van der Waals surface area (Å²) in [6, 6.07) is 6.24. The topological polar surface area (TPSA) is 72.9 Å². The van der Waals surface area contributed by atoms with Crippen molar-refractivity contribution in [1.29, 1.82) is 0 Å². The average Bonchev–Trinajstić information content (AvgIpc) is 2.83. The maximum absolute atomic E-state index is 12.4. The highest BCUT2D eigenvalue weighted by molar-refractivity contribution is 8.18. The van der Waals surface area contributed by atoms with Gasteiger partial charge in [-0.25, -0.2) is 4.79 Å². The number of amides is 2. The van der Waals surface area contributed by atoms with Crippen LogP contribution in [-0.2, 0) is 14.3 Å². The molecule has 1 aromatic carbocycles. The van der Waals surface area contributed by atoms with Crippen molar-refractivity contribution in [3.63, 3.8) is 0 Å². The highest BCUT2D eigenvalue weighted by Crippen LogP contribution is 2.34. The number of hydrogen-bond donors (Lipinski definition) is 0. The van der Waals surface area contributed by atoms with Crippen LogP contribution in [-0.4, -0.2) is 41.3 Å². The molecule has 0 unspecified atom stereocenters. The summed E-state index contributed by atoms with van der Waals surface area (Å²) in [5, 5.41) is -0.474. The molecule has 1 fully saturated rings. The van der Waals surface area contributed by atoms with Crippen LogP contribution in [0, 0.1) is 0 Å². The molecule has 0 spiro atoms. The Bertz CT molecular complexity index is 668. The number of nitrogens with zero attached hydrogens (tertiary/aromatic N) is 1. The van der Waals surface area contributed by atoms with E-state index in [9.17, 15) is 14.4 Å². The van der Waals surface area contributed by atoms with Gasteiger partial charge in [-0.05, 0) is 56.3 Å². The van der Waals surface area contributed by atoms with E-state index in [2.05, 4.69) is 0 Å². The molecule has 0 radical (unpaired) electrons. The molecule has 0 aromatic heterocycles. The normalized spacial score (nSPS) is 17.3. The first-order chi connectivity index (χ1) is 11.5. The van der Waals surface area contributed by atoms with Crippen molar-refractivity contribution in [2.75, 3.05) is 13.2 Å². The molecule has 0 N–H and O–H groups in total. The molecule has 6 nitrogen and oxygen atoms in total. The zero-order chi connectivity index (χ0) is 17.7. The van der Waals surface area contributed by atoms with Crippen LogP contribution in [0.15, 0.2) is 29.2 Å². The van der Waals surface area contributed by atoms with Crippen molar-refractivity contribution in [2.45, 2.75) is 26.8 Å². The minimum Gasteiger partial charge on any atom is -0.494 e. The van der Waals surface area contributed by atoms with Crippen molar-refractivity contribution in [1.82, 2.24) is 4.90 Å². The van der Waals surface area contributed by atoms with Gasteiger partial charge in [0.2, 0.25) is 0 Å². The summed E-state index contributed by atoms with van der Waals surface area (Å²) in [5.74, 6) is -0.347. The smallest absolute Gasteiger partial charge is 0.329 e. The van der Waals surface area contributed by atoms with Gasteiger partial charge in [-0.2, -0.15) is 0 Å². The molecule has 24 heavy (non-hydrogen) atoms. The minimum absolute atomic E-state index is 0.196. The number of rotatable bonds is 6. The van der Waals surface area contributed by atoms with Crippen LogP contribution in [0.25, 0.3) is 6.08 Å². The second-order valence-corrected chi connectivity index (χ2v) is 5.97. The number of carbonyl (C=O) groups excluding carboxylic acids is 3. The van der Waals surface area contributed by atoms with E-state index in [1.165, 1.54) is 6.92 Å². The molecule has 2 rings (SSSR count). The molecule has 1 aromatic rings. The summed E-state index contributed by atoms with van der Waals surface area (Å²) in [6.07, 6.45) is 1.62. The van der Waals surface area contributed by atoms with Crippen molar-refractivity contribution >= 4 is 35.0 Å². The molecule has 7 heteroatoms. The van der Waals surface area contributed by atoms with Crippen LogP contribution in [0.2, 0.25) is 0 Å². The fourth-order valence-corrected chi connectivity index (χ4v) is 3.07. The molecule has 1 aliphatic rings. The molecule has 1 heterocycles. The van der Waals surface area contributed by atoms with Crippen LogP contribution < -0.4 is 4.74 Å². The van der Waals surface area contributed by atoms with Crippen molar-refractivity contribution in [3.05, 3.63) is 34.7 Å². The fraction of sp³-hybridized carbons (Fsp3) is 0.353. The van der Waals surface area contributed by atoms with Gasteiger partial charge in [0.1, 0.15) is 11.8 Å². The first-order valence-corrected chi connectivity index (χ1v) is 8.46. The van der Waals surface area contributed by atoms with Crippen LogP contribution in [0.5, 0.6) is 5.75 Å². The number of benzene rings is 1. The zero-order valence-corrected chi connectivity index (χ0v) is 14.6. The Morgan fingerprint density at radius 1 is 1.21 bits per heavy atom. The zero-order valence-electron chi connectivity index (χ0n) is 13.8. The predicted octanol–water partition coefficient (Wildman–Crippen LogP) is 3.07. The molecule has 0 bridgehead atoms. The van der Waals surface area contributed by atoms with Gasteiger partial charge in [0.25, 0.3) is 11.1 Å². The van der Waals surface area contributed by atoms with E-state index in [1.54, 1.807) is 37.3 Å². The Labute approximate surface area is 144 Å². The van der Waals surface area contributed by atoms with Crippen molar-refractivity contribution in [3.8, 4) is 5.75 Å². The van der Waals surface area contributed by atoms with Crippen molar-refractivity contribution < 1.29 is 23.9 Å². The van der Waals surface area contributed by atoms with Crippen LogP contribution in [0.3, 0.4) is 0 Å². The minimum atomic E-state index is -0.941. The third-order valence-corrected chi connectivity index (χ3v) is 4.21. The summed E-state index contributed by atoms with van der Waals surface area (Å²) in [4.78, 5) is 37.5. The van der Waals surface area contributed by atoms with Crippen LogP contribution >= 0.6 is 11.8 Å². The molecular weight excluding hydrogens is 330 g/mol. The highest BCUT2D eigenvalue weighted by atomic mass is 32.2. The predicted molar refractivity (Wildman–Crippen MR) is 91.5 cm³/mol. The Hall–Kier alpha value is -2.28. The van der Waals surface area contributed by atoms with E-state index in [0.717, 1.165) is 28.0 Å². The first-order valence-electron chi connectivity index (χ1n) is 7.64. The lowest BCUT2D eigenvalue weighted by Crippen LogP contribution is -2.42. The Kier molecular flexibility index (Phi) is 6.03. The van der Waals surface area contributed by atoms with Gasteiger partial charge in [0.15, 0.2) is 0 Å². The summed E-state index contributed by atoms with van der Waals surface area (Å²) in [7, 11) is 0. The second kappa shape index (κ2) is 8.01. The number of hydrogen-bond acceptors (Lipinski definition) is 6. The van der Waals surface area contributed by atoms with E-state index < -0.39 is 23.2 Å². The lowest BCUT2D eigenvalue weighted by Gasteiger charge is -2.19. The second-order valence-electron chi connectivity index (χ2n) is 4.98. The average molecular weight is 349 g/mol. The molecule has 128 valence electrons. The standard InChI is InChI=1S/C17H19NO5S/c1-4-22-13-8-6-12(7-9-13)10-14-15(19)18(17(21)24-14)11(3)16(20)23-5-2/h6-11H,4-5H2,1-3H3/b14-10-/t11-/m1/s1. The van der Waals surface area contributed by atoms with Crippen LogP contribution in [0.4, 0.5) is 4.79 Å². The van der Waals surface area contributed by atoms with Gasteiger partial charge in [-0.15, -0.1) is 0 Å². The van der Waals surface area contributed by atoms with E-state index in [-0.39, 0.29) is 11.5 Å². The van der Waals surface area contributed by atoms with E-state index >= 15 is 0 Å². The molecule has 0 aliphatic carbocycles. The summed E-state index contributed by atoms with van der Waals surface area (Å²) in [6.45, 7) is 5.82. The summed E-state index contributed by atoms with van der Waals surface area (Å²) in [5.41, 5.74) is 0.771. The number of imide groups is 1. The van der Waals surface area contributed by atoms with Gasteiger partial charge < -0.3 is 9.47 Å². The third kappa shape index (κ3) is 3.97. The third-order valence-electron chi connectivity index (χ3n) is 3.33.